The molecule has 0 heterocycles. The Kier molecular flexibility index (Phi) is 15.5. The Bertz CT molecular complexity index is 1160. The van der Waals surface area contributed by atoms with E-state index >= 15 is 0 Å². The van der Waals surface area contributed by atoms with E-state index in [1.165, 1.54) is 77.6 Å². The molecule has 1 fully saturated rings. The summed E-state index contributed by atoms with van der Waals surface area (Å²) in [5.74, 6) is 0.467. The van der Waals surface area contributed by atoms with Crippen molar-refractivity contribution in [2.24, 2.45) is 0 Å². The van der Waals surface area contributed by atoms with Gasteiger partial charge in [0, 0.05) is 0 Å². The van der Waals surface area contributed by atoms with E-state index in [-0.39, 0.29) is 5.82 Å². The fourth-order valence-electron chi connectivity index (χ4n) is 4.82. The molecule has 1 heteroatoms. The number of hydrogen-bond donors (Lipinski definition) is 0. The highest BCUT2D eigenvalue weighted by Crippen LogP contribution is 2.52. The highest BCUT2D eigenvalue weighted by atomic mass is 19.1. The number of rotatable bonds is 8. The van der Waals surface area contributed by atoms with Crippen LogP contribution < -0.4 is 0 Å². The smallest absolute Gasteiger partial charge is 0.123 e. The Balaban J connectivity index is 0.000000295. The molecule has 0 bridgehead atoms. The Morgan fingerprint density at radius 2 is 1.43 bits per heavy atom. The molecule has 4 rings (SSSR count). The first-order valence-corrected chi connectivity index (χ1v) is 15.3. The van der Waals surface area contributed by atoms with Crippen molar-refractivity contribution in [3.63, 3.8) is 0 Å². The van der Waals surface area contributed by atoms with Gasteiger partial charge in [0.15, 0.2) is 0 Å². The zero-order valence-electron chi connectivity index (χ0n) is 27.0. The molecular weight excluding hydrogens is 487 g/mol. The summed E-state index contributed by atoms with van der Waals surface area (Å²) in [6, 6.07) is 22.0. The van der Waals surface area contributed by atoms with E-state index in [1.54, 1.807) is 5.56 Å². The van der Waals surface area contributed by atoms with E-state index in [0.29, 0.717) is 11.3 Å². The molecule has 218 valence electrons. The molecule has 0 amide bonds. The van der Waals surface area contributed by atoms with E-state index in [2.05, 4.69) is 97.2 Å². The third kappa shape index (κ3) is 10.9. The number of hydrogen-bond acceptors (Lipinski definition) is 0. The van der Waals surface area contributed by atoms with Crippen LogP contribution in [-0.2, 0) is 11.8 Å². The zero-order valence-corrected chi connectivity index (χ0v) is 27.0. The number of aryl methyl sites for hydroxylation is 1. The molecule has 40 heavy (non-hydrogen) atoms. The molecule has 0 atom stereocenters. The SMILES string of the molecule is C=C(C)c1ccc(C(C)C)cc1.C=C(C)c1cccc(C2(CC)CC2)c1C.CC.CCCCc1ccc(F)cc1. The van der Waals surface area contributed by atoms with Gasteiger partial charge in [0.1, 0.15) is 5.82 Å². The first kappa shape index (κ1) is 35.1. The number of unbranched alkanes of at least 4 members (excludes halogenated alkanes) is 1. The molecule has 1 saturated carbocycles. The monoisotopic (exact) mass is 542 g/mol. The first-order valence-electron chi connectivity index (χ1n) is 15.3. The van der Waals surface area contributed by atoms with Gasteiger partial charge in [-0.15, -0.1) is 0 Å². The molecule has 0 N–H and O–H groups in total. The molecule has 1 aliphatic carbocycles. The predicted octanol–water partition coefficient (Wildman–Crippen LogP) is 12.5. The van der Waals surface area contributed by atoms with Gasteiger partial charge in [-0.25, -0.2) is 4.39 Å². The average molecular weight is 543 g/mol. The third-order valence-electron chi connectivity index (χ3n) is 7.70. The van der Waals surface area contributed by atoms with Crippen molar-refractivity contribution in [3.8, 4) is 0 Å². The lowest BCUT2D eigenvalue weighted by atomic mass is 9.86. The third-order valence-corrected chi connectivity index (χ3v) is 7.70. The van der Waals surface area contributed by atoms with E-state index < -0.39 is 0 Å². The van der Waals surface area contributed by atoms with E-state index in [1.807, 2.05) is 32.9 Å². The van der Waals surface area contributed by atoms with Crippen molar-refractivity contribution in [1.82, 2.24) is 0 Å². The van der Waals surface area contributed by atoms with Crippen LogP contribution >= 0.6 is 0 Å². The van der Waals surface area contributed by atoms with Crippen molar-refractivity contribution in [1.29, 1.82) is 0 Å². The Morgan fingerprint density at radius 3 is 1.85 bits per heavy atom. The van der Waals surface area contributed by atoms with E-state index in [4.69, 9.17) is 0 Å². The second-order valence-corrected chi connectivity index (χ2v) is 11.2. The molecular formula is C39H55F. The fourth-order valence-corrected chi connectivity index (χ4v) is 4.82. The van der Waals surface area contributed by atoms with Gasteiger partial charge in [-0.05, 0) is 110 Å². The van der Waals surface area contributed by atoms with Crippen molar-refractivity contribution in [3.05, 3.63) is 119 Å². The summed E-state index contributed by atoms with van der Waals surface area (Å²) >= 11 is 0. The second kappa shape index (κ2) is 17.7. The minimum Gasteiger partial charge on any atom is -0.207 e. The summed E-state index contributed by atoms with van der Waals surface area (Å²) in [5.41, 5.74) is 11.0. The van der Waals surface area contributed by atoms with Crippen LogP contribution in [0.5, 0.6) is 0 Å². The molecule has 3 aromatic carbocycles. The molecule has 0 saturated heterocycles. The lowest BCUT2D eigenvalue weighted by Crippen LogP contribution is -2.07. The van der Waals surface area contributed by atoms with Crippen LogP contribution in [0.3, 0.4) is 0 Å². The fraction of sp³-hybridized carbons (Fsp3) is 0.436. The van der Waals surface area contributed by atoms with Gasteiger partial charge < -0.3 is 0 Å². The summed E-state index contributed by atoms with van der Waals surface area (Å²) in [7, 11) is 0. The normalized spacial score (nSPS) is 12.6. The van der Waals surface area contributed by atoms with Crippen LogP contribution in [0.2, 0.25) is 0 Å². The zero-order chi connectivity index (χ0) is 30.3. The van der Waals surface area contributed by atoms with Crippen LogP contribution in [0.1, 0.15) is 127 Å². The van der Waals surface area contributed by atoms with Gasteiger partial charge in [0.25, 0.3) is 0 Å². The molecule has 3 aromatic rings. The Hall–Kier alpha value is -2.93. The average Bonchev–Trinajstić information content (AvgIpc) is 3.76. The minimum absolute atomic E-state index is 0.148. The maximum atomic E-state index is 12.4. The van der Waals surface area contributed by atoms with Gasteiger partial charge in [0.2, 0.25) is 0 Å². The second-order valence-electron chi connectivity index (χ2n) is 11.2. The van der Waals surface area contributed by atoms with Crippen LogP contribution in [0.25, 0.3) is 11.1 Å². The summed E-state index contributed by atoms with van der Waals surface area (Å²) < 4.78 is 12.4. The molecule has 0 unspecified atom stereocenters. The van der Waals surface area contributed by atoms with Gasteiger partial charge >= 0.3 is 0 Å². The van der Waals surface area contributed by atoms with E-state index in [9.17, 15) is 4.39 Å². The molecule has 0 aromatic heterocycles. The van der Waals surface area contributed by atoms with Crippen LogP contribution in [-0.4, -0.2) is 0 Å². The van der Waals surface area contributed by atoms with Gasteiger partial charge in [0.05, 0.1) is 0 Å². The summed E-state index contributed by atoms with van der Waals surface area (Å²) in [4.78, 5) is 0. The van der Waals surface area contributed by atoms with Crippen molar-refractivity contribution in [2.75, 3.05) is 0 Å². The highest BCUT2D eigenvalue weighted by Gasteiger charge is 2.43. The number of allylic oxidation sites excluding steroid dienone is 2. The Labute approximate surface area is 246 Å². The Morgan fingerprint density at radius 1 is 0.850 bits per heavy atom. The highest BCUT2D eigenvalue weighted by molar-refractivity contribution is 5.66. The summed E-state index contributed by atoms with van der Waals surface area (Å²) in [6.07, 6.45) is 7.45. The summed E-state index contributed by atoms with van der Waals surface area (Å²) in [6.45, 7) is 27.2. The maximum Gasteiger partial charge on any atom is 0.123 e. The van der Waals surface area contributed by atoms with Crippen LogP contribution in [0.15, 0.2) is 79.9 Å². The molecule has 0 nitrogen and oxygen atoms in total. The molecule has 1 aliphatic rings. The number of benzene rings is 3. The standard InChI is InChI=1S/C15H20.C12H16.C10H13F.C2H6/c1-5-15(9-10-15)14-8-6-7-13(11(2)3)12(14)4;1-9(2)11-5-7-12(8-6-11)10(3)4;1-2-3-4-9-5-7-10(11)8-6-9;1-2/h6-8H,2,5,9-10H2,1,3-4H3;5-8,10H,1H2,2-4H3;5-8H,2-4H2,1H3;1-2H3. The van der Waals surface area contributed by atoms with Gasteiger partial charge in [-0.1, -0.05) is 127 Å². The van der Waals surface area contributed by atoms with Crippen molar-refractivity contribution >= 4 is 11.1 Å². The maximum absolute atomic E-state index is 12.4. The minimum atomic E-state index is -0.148. The van der Waals surface area contributed by atoms with E-state index in [0.717, 1.165) is 12.0 Å². The van der Waals surface area contributed by atoms with Crippen molar-refractivity contribution < 1.29 is 4.39 Å². The topological polar surface area (TPSA) is 0 Å². The van der Waals surface area contributed by atoms with Gasteiger partial charge in [-0.3, -0.25) is 0 Å². The lowest BCUT2D eigenvalue weighted by Gasteiger charge is -2.18. The molecule has 0 spiro atoms. The first-order chi connectivity index (χ1) is 19.0. The quantitative estimate of drug-likeness (QED) is 0.265. The van der Waals surface area contributed by atoms with Gasteiger partial charge in [-0.2, -0.15) is 0 Å². The molecule has 0 radical (unpaired) electrons. The molecule has 0 aliphatic heterocycles. The van der Waals surface area contributed by atoms with Crippen LogP contribution in [0.4, 0.5) is 4.39 Å². The lowest BCUT2D eigenvalue weighted by molar-refractivity contribution is 0.626. The van der Waals surface area contributed by atoms with Crippen molar-refractivity contribution in [2.45, 2.75) is 112 Å². The number of halogens is 1. The summed E-state index contributed by atoms with van der Waals surface area (Å²) in [5, 5.41) is 0. The predicted molar refractivity (Wildman–Crippen MR) is 179 cm³/mol. The largest absolute Gasteiger partial charge is 0.207 e. The van der Waals surface area contributed by atoms with Crippen LogP contribution in [0, 0.1) is 12.7 Å².